The van der Waals surface area contributed by atoms with Gasteiger partial charge < -0.3 is 9.80 Å². The summed E-state index contributed by atoms with van der Waals surface area (Å²) in [5.41, 5.74) is 2.10. The van der Waals surface area contributed by atoms with Gasteiger partial charge in [0.15, 0.2) is 0 Å². The van der Waals surface area contributed by atoms with E-state index in [1.807, 2.05) is 36.4 Å². The molecule has 2 aromatic rings. The fourth-order valence-corrected chi connectivity index (χ4v) is 3.02. The zero-order chi connectivity index (χ0) is 17.6. The Labute approximate surface area is 148 Å². The van der Waals surface area contributed by atoms with Crippen LogP contribution in [0.2, 0.25) is 0 Å². The Bertz CT molecular complexity index is 700. The van der Waals surface area contributed by atoms with E-state index >= 15 is 0 Å². The summed E-state index contributed by atoms with van der Waals surface area (Å²) in [5, 5.41) is 10.8. The Balaban J connectivity index is 1.67. The first-order chi connectivity index (χ1) is 12.2. The number of benzene rings is 1. The average molecular weight is 340 g/mol. The minimum atomic E-state index is -0.488. The van der Waals surface area contributed by atoms with E-state index in [4.69, 9.17) is 0 Å². The lowest BCUT2D eigenvalue weighted by Gasteiger charge is -2.35. The van der Waals surface area contributed by atoms with Crippen molar-refractivity contribution >= 4 is 11.6 Å². The zero-order valence-electron chi connectivity index (χ0n) is 14.5. The molecule has 6 heteroatoms. The van der Waals surface area contributed by atoms with Gasteiger partial charge in [0.1, 0.15) is 5.69 Å². The van der Waals surface area contributed by atoms with Crippen LogP contribution in [0, 0.1) is 0 Å². The highest BCUT2D eigenvalue weighted by Gasteiger charge is 2.19. The topological polar surface area (TPSA) is 59.9 Å². The van der Waals surface area contributed by atoms with Crippen LogP contribution in [0.1, 0.15) is 23.0 Å². The Kier molecular flexibility index (Phi) is 5.63. The van der Waals surface area contributed by atoms with E-state index in [2.05, 4.69) is 21.7 Å². The van der Waals surface area contributed by atoms with Crippen LogP contribution in [0.4, 0.5) is 5.69 Å². The molecule has 1 saturated heterocycles. The quantitative estimate of drug-likeness (QED) is 0.668. The van der Waals surface area contributed by atoms with E-state index in [-0.39, 0.29) is 12.2 Å². The van der Waals surface area contributed by atoms with Crippen molar-refractivity contribution in [2.45, 2.75) is 13.5 Å². The van der Waals surface area contributed by atoms with Crippen molar-refractivity contribution in [3.63, 3.8) is 0 Å². The minimum Gasteiger partial charge on any atom is -0.369 e. The normalized spacial score (nSPS) is 15.2. The Morgan fingerprint density at radius 1 is 1.16 bits per heavy atom. The van der Waals surface area contributed by atoms with Crippen molar-refractivity contribution in [1.82, 2.24) is 14.9 Å². The molecule has 3 rings (SSSR count). The fourth-order valence-electron chi connectivity index (χ4n) is 3.02. The molecule has 1 amide bonds. The van der Waals surface area contributed by atoms with Gasteiger partial charge >= 0.3 is 0 Å². The summed E-state index contributed by atoms with van der Waals surface area (Å²) >= 11 is 0. The van der Waals surface area contributed by atoms with Crippen LogP contribution >= 0.6 is 0 Å². The van der Waals surface area contributed by atoms with Gasteiger partial charge in [-0.25, -0.2) is 5.06 Å². The molecule has 0 spiro atoms. The summed E-state index contributed by atoms with van der Waals surface area (Å²) in [7, 11) is 0. The molecule has 1 aliphatic rings. The Hall–Kier alpha value is -2.44. The average Bonchev–Trinajstić information content (AvgIpc) is 2.68. The standard InChI is InChI=1S/C19H24N4O2/c1-2-21-10-12-22(13-11-21)17-8-9-20-18(14-17)19(24)23(25)15-16-6-4-3-5-7-16/h3-9,14,25H,2,10-13,15H2,1H3. The number of amides is 1. The molecule has 1 aliphatic heterocycles. The van der Waals surface area contributed by atoms with Crippen LogP contribution in [0.25, 0.3) is 0 Å². The number of carbonyl (C=O) groups is 1. The fraction of sp³-hybridized carbons (Fsp3) is 0.368. The number of aromatic nitrogens is 1. The molecule has 1 fully saturated rings. The highest BCUT2D eigenvalue weighted by Crippen LogP contribution is 2.18. The lowest BCUT2D eigenvalue weighted by molar-refractivity contribution is -0.0652. The summed E-state index contributed by atoms with van der Waals surface area (Å²) in [6.07, 6.45) is 1.63. The van der Waals surface area contributed by atoms with Gasteiger partial charge in [-0.15, -0.1) is 0 Å². The van der Waals surface area contributed by atoms with Crippen LogP contribution in [0.5, 0.6) is 0 Å². The van der Waals surface area contributed by atoms with Gasteiger partial charge in [-0.3, -0.25) is 15.0 Å². The van der Waals surface area contributed by atoms with E-state index in [1.54, 1.807) is 12.3 Å². The first-order valence-corrected chi connectivity index (χ1v) is 8.65. The Morgan fingerprint density at radius 2 is 1.88 bits per heavy atom. The second kappa shape index (κ2) is 8.09. The summed E-state index contributed by atoms with van der Waals surface area (Å²) in [6, 6.07) is 13.1. The van der Waals surface area contributed by atoms with Crippen LogP contribution in [0.15, 0.2) is 48.7 Å². The summed E-state index contributed by atoms with van der Waals surface area (Å²) in [6.45, 7) is 7.26. The number of piperazine rings is 1. The second-order valence-electron chi connectivity index (χ2n) is 6.17. The van der Waals surface area contributed by atoms with E-state index in [0.717, 1.165) is 49.0 Å². The molecular weight excluding hydrogens is 316 g/mol. The zero-order valence-corrected chi connectivity index (χ0v) is 14.5. The van der Waals surface area contributed by atoms with Gasteiger partial charge in [-0.05, 0) is 24.2 Å². The number of rotatable bonds is 5. The molecule has 132 valence electrons. The second-order valence-corrected chi connectivity index (χ2v) is 6.17. The number of hydroxylamine groups is 2. The maximum atomic E-state index is 12.5. The third kappa shape index (κ3) is 4.35. The van der Waals surface area contributed by atoms with Crippen LogP contribution < -0.4 is 4.90 Å². The minimum absolute atomic E-state index is 0.140. The van der Waals surface area contributed by atoms with Crippen molar-refractivity contribution in [3.05, 3.63) is 59.9 Å². The number of nitrogens with zero attached hydrogens (tertiary/aromatic N) is 4. The number of hydrogen-bond donors (Lipinski definition) is 1. The van der Waals surface area contributed by atoms with Crippen LogP contribution in [-0.2, 0) is 6.54 Å². The molecule has 6 nitrogen and oxygen atoms in total. The largest absolute Gasteiger partial charge is 0.369 e. The van der Waals surface area contributed by atoms with Gasteiger partial charge in [-0.1, -0.05) is 37.3 Å². The molecule has 0 saturated carbocycles. The van der Waals surface area contributed by atoms with Gasteiger partial charge in [0, 0.05) is 38.1 Å². The number of pyridine rings is 1. The predicted molar refractivity (Wildman–Crippen MR) is 96.7 cm³/mol. The maximum Gasteiger partial charge on any atom is 0.296 e. The van der Waals surface area contributed by atoms with Gasteiger partial charge in [0.2, 0.25) is 0 Å². The van der Waals surface area contributed by atoms with Gasteiger partial charge in [0.25, 0.3) is 5.91 Å². The molecule has 0 radical (unpaired) electrons. The summed E-state index contributed by atoms with van der Waals surface area (Å²) in [4.78, 5) is 21.3. The van der Waals surface area contributed by atoms with E-state index in [1.165, 1.54) is 0 Å². The van der Waals surface area contributed by atoms with E-state index in [0.29, 0.717) is 0 Å². The molecule has 1 aromatic heterocycles. The van der Waals surface area contributed by atoms with Gasteiger partial charge in [0.05, 0.1) is 6.54 Å². The number of hydrogen-bond acceptors (Lipinski definition) is 5. The number of likely N-dealkylation sites (N-methyl/N-ethyl adjacent to an activating group) is 1. The number of anilines is 1. The molecule has 1 aromatic carbocycles. The third-order valence-corrected chi connectivity index (χ3v) is 4.56. The first-order valence-electron chi connectivity index (χ1n) is 8.65. The number of carbonyl (C=O) groups excluding carboxylic acids is 1. The van der Waals surface area contributed by atoms with E-state index < -0.39 is 5.91 Å². The first kappa shape index (κ1) is 17.4. The maximum absolute atomic E-state index is 12.5. The van der Waals surface area contributed by atoms with Crippen molar-refractivity contribution < 1.29 is 10.0 Å². The molecule has 0 atom stereocenters. The summed E-state index contributed by atoms with van der Waals surface area (Å²) < 4.78 is 0. The van der Waals surface area contributed by atoms with Crippen molar-refractivity contribution in [1.29, 1.82) is 0 Å². The van der Waals surface area contributed by atoms with Gasteiger partial charge in [-0.2, -0.15) is 0 Å². The predicted octanol–water partition coefficient (Wildman–Crippen LogP) is 2.26. The van der Waals surface area contributed by atoms with Crippen molar-refractivity contribution in [2.75, 3.05) is 37.6 Å². The molecule has 1 N–H and O–H groups in total. The monoisotopic (exact) mass is 340 g/mol. The highest BCUT2D eigenvalue weighted by atomic mass is 16.5. The lowest BCUT2D eigenvalue weighted by atomic mass is 10.2. The SMILES string of the molecule is CCN1CCN(c2ccnc(C(=O)N(O)Cc3ccccc3)c2)CC1. The molecule has 25 heavy (non-hydrogen) atoms. The highest BCUT2D eigenvalue weighted by molar-refractivity contribution is 5.92. The van der Waals surface area contributed by atoms with Crippen LogP contribution in [0.3, 0.4) is 0 Å². The van der Waals surface area contributed by atoms with Crippen molar-refractivity contribution in [2.24, 2.45) is 0 Å². The molecule has 2 heterocycles. The van der Waals surface area contributed by atoms with Crippen LogP contribution in [-0.4, -0.2) is 58.8 Å². The third-order valence-electron chi connectivity index (χ3n) is 4.56. The van der Waals surface area contributed by atoms with Crippen molar-refractivity contribution in [3.8, 4) is 0 Å². The molecular formula is C19H24N4O2. The lowest BCUT2D eigenvalue weighted by Crippen LogP contribution is -2.46. The Morgan fingerprint density at radius 3 is 2.56 bits per heavy atom. The molecule has 0 bridgehead atoms. The summed E-state index contributed by atoms with van der Waals surface area (Å²) in [5.74, 6) is -0.488. The molecule has 0 aliphatic carbocycles. The molecule has 0 unspecified atom stereocenters. The smallest absolute Gasteiger partial charge is 0.296 e. The van der Waals surface area contributed by atoms with E-state index in [9.17, 15) is 10.0 Å².